The topological polar surface area (TPSA) is 46.8 Å². The number of allylic oxidation sites excluding steroid dienone is 6. The fourth-order valence-corrected chi connectivity index (χ4v) is 10.5. The van der Waals surface area contributed by atoms with Gasteiger partial charge in [-0.05, 0) is 107 Å². The standard InChI is InChI=1S/C51H36BN5/c1-4-16-33(17-5-1)47-36-20-8-3-9-23-42(36)52-43-24-14-21-37-48(43)39(32-44-49(37)38-22-15-29-55-51(38)56(44)34-18-6-2-7-19-34)40-30-35(31-41(47)50(40)52)57(45-25-10-12-27-53-45)46-26-11-13-28-54-46/h1-22,24-31,39,47H,23,32H2. The fourth-order valence-electron chi connectivity index (χ4n) is 10.5. The van der Waals surface area contributed by atoms with Crippen LogP contribution in [0.3, 0.4) is 0 Å². The lowest BCUT2D eigenvalue weighted by Crippen LogP contribution is -2.56. The number of pyridine rings is 3. The predicted molar refractivity (Wildman–Crippen MR) is 232 cm³/mol. The van der Waals surface area contributed by atoms with Gasteiger partial charge in [0, 0.05) is 58.4 Å². The van der Waals surface area contributed by atoms with Crippen molar-refractivity contribution in [2.24, 2.45) is 0 Å². The van der Waals surface area contributed by atoms with Crippen molar-refractivity contribution in [1.82, 2.24) is 19.5 Å². The van der Waals surface area contributed by atoms with Crippen molar-refractivity contribution in [2.75, 3.05) is 4.90 Å². The van der Waals surface area contributed by atoms with Crippen LogP contribution in [0.25, 0.3) is 27.8 Å². The van der Waals surface area contributed by atoms with Crippen LogP contribution in [-0.4, -0.2) is 26.2 Å². The molecule has 0 saturated heterocycles. The highest BCUT2D eigenvalue weighted by Crippen LogP contribution is 2.52. The molecule has 0 radical (unpaired) electrons. The maximum Gasteiger partial charge on any atom is 0.238 e. The van der Waals surface area contributed by atoms with Gasteiger partial charge < -0.3 is 0 Å². The summed E-state index contributed by atoms with van der Waals surface area (Å²) in [6.45, 7) is 0.123. The Morgan fingerprint density at radius 1 is 0.667 bits per heavy atom. The summed E-state index contributed by atoms with van der Waals surface area (Å²) in [5.74, 6) is 1.85. The van der Waals surface area contributed by atoms with Gasteiger partial charge in [0.05, 0.1) is 0 Å². The molecule has 5 nitrogen and oxygen atoms in total. The second kappa shape index (κ2) is 12.8. The molecule has 0 amide bonds. The average Bonchev–Trinajstić information content (AvgIpc) is 3.41. The molecule has 8 aromatic rings. The van der Waals surface area contributed by atoms with E-state index in [9.17, 15) is 0 Å². The van der Waals surface area contributed by atoms with Gasteiger partial charge in [-0.3, -0.25) is 9.47 Å². The molecule has 2 unspecified atom stereocenters. The van der Waals surface area contributed by atoms with Crippen LogP contribution < -0.4 is 15.8 Å². The molecule has 57 heavy (non-hydrogen) atoms. The Hall–Kier alpha value is -7.05. The summed E-state index contributed by atoms with van der Waals surface area (Å²) in [4.78, 5) is 17.2. The van der Waals surface area contributed by atoms with E-state index in [1.807, 2.05) is 30.7 Å². The van der Waals surface area contributed by atoms with E-state index in [1.165, 1.54) is 66.4 Å². The van der Waals surface area contributed by atoms with E-state index in [-0.39, 0.29) is 18.5 Å². The van der Waals surface area contributed by atoms with Crippen LogP contribution in [0.1, 0.15) is 46.2 Å². The minimum absolute atomic E-state index is 0.0560. The zero-order valence-electron chi connectivity index (χ0n) is 31.2. The molecule has 0 bridgehead atoms. The molecule has 4 aliphatic rings. The van der Waals surface area contributed by atoms with Gasteiger partial charge >= 0.3 is 0 Å². The largest absolute Gasteiger partial charge is 0.298 e. The van der Waals surface area contributed by atoms with E-state index >= 15 is 0 Å². The number of hydrogen-bond donors (Lipinski definition) is 0. The number of para-hydroxylation sites is 1. The van der Waals surface area contributed by atoms with Crippen molar-refractivity contribution in [3.8, 4) is 16.8 Å². The third-order valence-corrected chi connectivity index (χ3v) is 12.5. The van der Waals surface area contributed by atoms with E-state index in [2.05, 4.69) is 161 Å². The Morgan fingerprint density at radius 3 is 2.18 bits per heavy atom. The number of nitrogens with zero attached hydrogens (tertiary/aromatic N) is 5. The Kier molecular flexibility index (Phi) is 7.21. The van der Waals surface area contributed by atoms with Gasteiger partial charge in [-0.15, -0.1) is 0 Å². The first kappa shape index (κ1) is 32.2. The highest BCUT2D eigenvalue weighted by atomic mass is 15.2. The maximum atomic E-state index is 5.06. The number of aromatic nitrogens is 4. The van der Waals surface area contributed by atoms with Crippen molar-refractivity contribution in [2.45, 2.75) is 24.7 Å². The molecule has 12 rings (SSSR count). The van der Waals surface area contributed by atoms with Crippen LogP contribution in [0.15, 0.2) is 193 Å². The average molecular weight is 730 g/mol. The minimum atomic E-state index is 0.0560. The molecule has 2 aliphatic heterocycles. The van der Waals surface area contributed by atoms with Gasteiger partial charge in [-0.1, -0.05) is 120 Å². The zero-order valence-corrected chi connectivity index (χ0v) is 31.2. The first-order chi connectivity index (χ1) is 28.3. The summed E-state index contributed by atoms with van der Waals surface area (Å²) in [6, 6.07) is 50.5. The number of benzene rings is 4. The second-order valence-electron chi connectivity index (χ2n) is 15.4. The molecule has 0 N–H and O–H groups in total. The van der Waals surface area contributed by atoms with Crippen molar-refractivity contribution in [3.63, 3.8) is 0 Å². The maximum absolute atomic E-state index is 5.06. The molecule has 2 aliphatic carbocycles. The molecule has 0 spiro atoms. The third kappa shape index (κ3) is 4.80. The van der Waals surface area contributed by atoms with Crippen molar-refractivity contribution in [3.05, 3.63) is 221 Å². The Labute approximate surface area is 332 Å². The van der Waals surface area contributed by atoms with Crippen molar-refractivity contribution >= 4 is 46.0 Å². The molecule has 0 saturated carbocycles. The van der Waals surface area contributed by atoms with Crippen LogP contribution >= 0.6 is 0 Å². The lowest BCUT2D eigenvalue weighted by molar-refractivity contribution is 0.757. The highest BCUT2D eigenvalue weighted by molar-refractivity contribution is 6.93. The molecule has 6 heteroatoms. The summed E-state index contributed by atoms with van der Waals surface area (Å²) in [6.07, 6.45) is 16.6. The number of fused-ring (bicyclic) bond motifs is 7. The molecule has 268 valence electrons. The summed E-state index contributed by atoms with van der Waals surface area (Å²) in [5, 5.41) is 1.20. The lowest BCUT2D eigenvalue weighted by atomic mass is 9.28. The lowest BCUT2D eigenvalue weighted by Gasteiger charge is -2.44. The van der Waals surface area contributed by atoms with Gasteiger partial charge in [0.25, 0.3) is 0 Å². The van der Waals surface area contributed by atoms with Crippen LogP contribution in [0, 0.1) is 0 Å². The van der Waals surface area contributed by atoms with Gasteiger partial charge in [-0.2, -0.15) is 0 Å². The quantitative estimate of drug-likeness (QED) is 0.166. The molecular formula is C51H36BN5. The van der Waals surface area contributed by atoms with Crippen molar-refractivity contribution in [1.29, 1.82) is 0 Å². The highest BCUT2D eigenvalue weighted by Gasteiger charge is 2.47. The number of hydrogen-bond acceptors (Lipinski definition) is 4. The molecule has 6 heterocycles. The SMILES string of the molecule is C1=CCC2=C(C=C1)C(c1ccccc1)c1cc(N(c3ccccn3)c3ccccn3)cc3c1B2c1cccc2c1C3Cc1c-2c2cccnc2n1-c1ccccc1. The van der Waals surface area contributed by atoms with Gasteiger partial charge in [0.1, 0.15) is 17.3 Å². The third-order valence-electron chi connectivity index (χ3n) is 12.5. The van der Waals surface area contributed by atoms with E-state index < -0.39 is 0 Å². The van der Waals surface area contributed by atoms with Crippen LogP contribution in [0.4, 0.5) is 17.3 Å². The van der Waals surface area contributed by atoms with Gasteiger partial charge in [-0.25, -0.2) is 15.0 Å². The first-order valence-corrected chi connectivity index (χ1v) is 19.9. The monoisotopic (exact) mass is 729 g/mol. The molecular weight excluding hydrogens is 693 g/mol. The van der Waals surface area contributed by atoms with E-state index in [0.717, 1.165) is 41.5 Å². The van der Waals surface area contributed by atoms with Gasteiger partial charge in [0.15, 0.2) is 0 Å². The predicted octanol–water partition coefficient (Wildman–Crippen LogP) is 10.1. The van der Waals surface area contributed by atoms with E-state index in [1.54, 1.807) is 0 Å². The van der Waals surface area contributed by atoms with E-state index in [4.69, 9.17) is 15.0 Å². The van der Waals surface area contributed by atoms with Crippen LogP contribution in [-0.2, 0) is 6.42 Å². The zero-order chi connectivity index (χ0) is 37.5. The Balaban J connectivity index is 1.20. The Bertz CT molecular complexity index is 2930. The molecule has 4 aromatic carbocycles. The van der Waals surface area contributed by atoms with Crippen LogP contribution in [0.5, 0.6) is 0 Å². The Morgan fingerprint density at radius 2 is 1.40 bits per heavy atom. The van der Waals surface area contributed by atoms with Crippen molar-refractivity contribution < 1.29 is 0 Å². The number of anilines is 3. The summed E-state index contributed by atoms with van der Waals surface area (Å²) >= 11 is 0. The normalized spacial score (nSPS) is 17.1. The first-order valence-electron chi connectivity index (χ1n) is 19.9. The van der Waals surface area contributed by atoms with Crippen LogP contribution in [0.2, 0.25) is 0 Å². The van der Waals surface area contributed by atoms with Gasteiger partial charge in [0.2, 0.25) is 6.71 Å². The minimum Gasteiger partial charge on any atom is -0.298 e. The summed E-state index contributed by atoms with van der Waals surface area (Å²) in [5.41, 5.74) is 18.4. The molecule has 0 fully saturated rings. The molecule has 2 atom stereocenters. The second-order valence-corrected chi connectivity index (χ2v) is 15.4. The smallest absolute Gasteiger partial charge is 0.238 e. The molecule has 4 aromatic heterocycles. The number of rotatable bonds is 5. The summed E-state index contributed by atoms with van der Waals surface area (Å²) in [7, 11) is 0. The fraction of sp³-hybridized carbons (Fsp3) is 0.0784. The van der Waals surface area contributed by atoms with E-state index in [0.29, 0.717) is 0 Å². The summed E-state index contributed by atoms with van der Waals surface area (Å²) < 4.78 is 2.42.